The zero-order chi connectivity index (χ0) is 33.2. The lowest BCUT2D eigenvalue weighted by Gasteiger charge is -2.49. The average molecular weight is 649 g/mol. The Kier molecular flexibility index (Phi) is 9.50. The van der Waals surface area contributed by atoms with Crippen molar-refractivity contribution in [2.45, 2.75) is 37.5 Å². The monoisotopic (exact) mass is 648 g/mol. The van der Waals surface area contributed by atoms with Crippen molar-refractivity contribution in [2.24, 2.45) is 0 Å². The number of carboxylic acid groups (broad SMARTS) is 1. The van der Waals surface area contributed by atoms with Crippen LogP contribution in [0.1, 0.15) is 25.5 Å². The van der Waals surface area contributed by atoms with E-state index < -0.39 is 93.1 Å². The highest BCUT2D eigenvalue weighted by molar-refractivity contribution is 7.86. The van der Waals surface area contributed by atoms with Crippen molar-refractivity contribution >= 4 is 58.8 Å². The van der Waals surface area contributed by atoms with Gasteiger partial charge in [-0.1, -0.05) is 12.1 Å². The lowest BCUT2D eigenvalue weighted by Crippen LogP contribution is -2.73. The molecule has 19 heteroatoms. The molecule has 45 heavy (non-hydrogen) atoms. The molecule has 1 aromatic carbocycles. The highest BCUT2D eigenvalue weighted by Gasteiger charge is 2.57. The molecule has 0 spiro atoms. The van der Waals surface area contributed by atoms with Crippen LogP contribution >= 0.6 is 0 Å². The number of aromatic hydroxyl groups is 1. The number of likely N-dealkylation sites (N-methyl/N-ethyl adjacent to an activating group) is 1. The van der Waals surface area contributed by atoms with Gasteiger partial charge in [0.1, 0.15) is 28.9 Å². The van der Waals surface area contributed by atoms with E-state index in [1.54, 1.807) is 6.92 Å². The first-order chi connectivity index (χ1) is 21.3. The van der Waals surface area contributed by atoms with Crippen LogP contribution in [-0.2, 0) is 49.1 Å². The standard InChI is InChI=1S/C26H28N6O12S/c1-3-30-8-9-31(23(39)22(30)38)26(42)28-16(13-4-6-14(35)7-5-13)19(36)29-20(44-12(2)34)15-10-45(43)24-17(27-11-33)21(37)32(24)18(15)25(40)41/h4-7,11,16-17,20,24,35H,3,8-10H2,1-2H3,(H,27,33)(H,28,42)(H,29,36)(H,40,41)/t16?,17-,20?,24+,45?/m0/s1. The molecule has 2 fully saturated rings. The minimum absolute atomic E-state index is 0.0434. The number of carbonyl (C=O) groups is 8. The van der Waals surface area contributed by atoms with Crippen molar-refractivity contribution < 1.29 is 57.5 Å². The second-order valence-electron chi connectivity index (χ2n) is 9.88. The number of nitrogens with one attached hydrogen (secondary N) is 3. The summed E-state index contributed by atoms with van der Waals surface area (Å²) >= 11 is 0. The highest BCUT2D eigenvalue weighted by Crippen LogP contribution is 2.36. The molecule has 18 nitrogen and oxygen atoms in total. The van der Waals surface area contributed by atoms with E-state index >= 15 is 0 Å². The molecule has 2 saturated heterocycles. The van der Waals surface area contributed by atoms with E-state index in [1.807, 2.05) is 0 Å². The zero-order valence-corrected chi connectivity index (χ0v) is 24.6. The Morgan fingerprint density at radius 1 is 1.09 bits per heavy atom. The summed E-state index contributed by atoms with van der Waals surface area (Å²) in [5, 5.41) is 25.3. The summed E-state index contributed by atoms with van der Waals surface area (Å²) < 4.78 is 18.3. The van der Waals surface area contributed by atoms with Gasteiger partial charge in [-0.3, -0.25) is 42.8 Å². The van der Waals surface area contributed by atoms with Crippen LogP contribution in [0.15, 0.2) is 35.5 Å². The summed E-state index contributed by atoms with van der Waals surface area (Å²) in [6.07, 6.45) is -1.71. The minimum atomic E-state index is -2.03. The summed E-state index contributed by atoms with van der Waals surface area (Å²) in [4.78, 5) is 102. The average Bonchev–Trinajstić information content (AvgIpc) is 2.99. The number of nitrogens with zero attached hydrogens (tertiary/aromatic N) is 3. The smallest absolute Gasteiger partial charge is 0.352 e. The van der Waals surface area contributed by atoms with Crippen LogP contribution in [0.25, 0.3) is 0 Å². The SMILES string of the molecule is CCN1CCN(C(=O)NC(C(=O)NC(OC(C)=O)C2=C(C(=O)O)N3C(=O)[C@H](NC=O)[C@H]3S(=O)C2)c2ccc(O)cc2)C(=O)C1=O. The number of phenolic OH excluding ortho intramolecular Hbond substituents is 1. The van der Waals surface area contributed by atoms with Crippen LogP contribution in [0.4, 0.5) is 4.79 Å². The third-order valence-electron chi connectivity index (χ3n) is 7.17. The molecule has 5 atom stereocenters. The molecular weight excluding hydrogens is 620 g/mol. The number of imide groups is 1. The Balaban J connectivity index is 1.68. The van der Waals surface area contributed by atoms with Gasteiger partial charge in [0.2, 0.25) is 18.5 Å². The molecule has 3 heterocycles. The van der Waals surface area contributed by atoms with Crippen LogP contribution in [0.2, 0.25) is 0 Å². The number of hydrogen-bond acceptors (Lipinski definition) is 11. The van der Waals surface area contributed by atoms with Crippen LogP contribution in [0, 0.1) is 0 Å². The molecule has 3 aliphatic rings. The fraction of sp³-hybridized carbons (Fsp3) is 0.385. The number of rotatable bonds is 10. The van der Waals surface area contributed by atoms with Gasteiger partial charge in [-0.2, -0.15) is 0 Å². The summed E-state index contributed by atoms with van der Waals surface area (Å²) in [7, 11) is -2.03. The number of piperazine rings is 1. The molecule has 3 aliphatic heterocycles. The van der Waals surface area contributed by atoms with Gasteiger partial charge in [0.25, 0.3) is 5.91 Å². The number of amides is 7. The Morgan fingerprint density at radius 3 is 2.33 bits per heavy atom. The van der Waals surface area contributed by atoms with Gasteiger partial charge in [0.15, 0.2) is 0 Å². The number of phenols is 1. The zero-order valence-electron chi connectivity index (χ0n) is 23.8. The van der Waals surface area contributed by atoms with Crippen molar-refractivity contribution in [2.75, 3.05) is 25.4 Å². The van der Waals surface area contributed by atoms with E-state index in [1.165, 1.54) is 29.2 Å². The minimum Gasteiger partial charge on any atom is -0.508 e. The number of ether oxygens (including phenoxy) is 1. The molecule has 240 valence electrons. The third-order valence-corrected chi connectivity index (χ3v) is 8.79. The number of benzene rings is 1. The van der Waals surface area contributed by atoms with E-state index in [4.69, 9.17) is 4.74 Å². The topological polar surface area (TPSA) is 249 Å². The molecular formula is C26H28N6O12S. The largest absolute Gasteiger partial charge is 0.508 e. The molecule has 1 aromatic rings. The van der Waals surface area contributed by atoms with E-state index in [2.05, 4.69) is 16.0 Å². The maximum atomic E-state index is 13.7. The van der Waals surface area contributed by atoms with Crippen molar-refractivity contribution in [1.82, 2.24) is 30.7 Å². The van der Waals surface area contributed by atoms with Gasteiger partial charge < -0.3 is 35.8 Å². The molecule has 7 amide bonds. The summed E-state index contributed by atoms with van der Waals surface area (Å²) in [6, 6.07) is 0.819. The number of carboxylic acids is 1. The molecule has 0 aromatic heterocycles. The quantitative estimate of drug-likeness (QED) is 0.0568. The van der Waals surface area contributed by atoms with E-state index in [9.17, 15) is 52.8 Å². The van der Waals surface area contributed by atoms with Crippen molar-refractivity contribution in [3.63, 3.8) is 0 Å². The molecule has 3 unspecified atom stereocenters. The van der Waals surface area contributed by atoms with Gasteiger partial charge in [-0.15, -0.1) is 0 Å². The van der Waals surface area contributed by atoms with E-state index in [0.29, 0.717) is 9.80 Å². The van der Waals surface area contributed by atoms with E-state index in [-0.39, 0.29) is 37.4 Å². The Bertz CT molecular complexity index is 1530. The third kappa shape index (κ3) is 6.33. The van der Waals surface area contributed by atoms with E-state index in [0.717, 1.165) is 6.92 Å². The van der Waals surface area contributed by atoms with Crippen molar-refractivity contribution in [1.29, 1.82) is 0 Å². The number of esters is 1. The number of urea groups is 1. The second kappa shape index (κ2) is 13.1. The first-order valence-corrected chi connectivity index (χ1v) is 14.7. The molecule has 4 rings (SSSR count). The molecule has 5 N–H and O–H groups in total. The van der Waals surface area contributed by atoms with Crippen LogP contribution in [0.3, 0.4) is 0 Å². The fourth-order valence-corrected chi connectivity index (χ4v) is 6.71. The fourth-order valence-electron chi connectivity index (χ4n) is 5.00. The number of β-lactam (4-membered cyclic amide) rings is 1. The Hall–Kier alpha value is -5.33. The molecule has 0 bridgehead atoms. The number of fused-ring (bicyclic) bond motifs is 1. The van der Waals surface area contributed by atoms with Crippen LogP contribution < -0.4 is 16.0 Å². The van der Waals surface area contributed by atoms with Crippen LogP contribution in [-0.4, -0.2) is 120 Å². The molecule has 0 saturated carbocycles. The summed E-state index contributed by atoms with van der Waals surface area (Å²) in [5.41, 5.74) is -1.11. The Morgan fingerprint density at radius 2 is 1.76 bits per heavy atom. The summed E-state index contributed by atoms with van der Waals surface area (Å²) in [5.74, 6) is -7.58. The van der Waals surface area contributed by atoms with Gasteiger partial charge in [-0.25, -0.2) is 9.59 Å². The second-order valence-corrected chi connectivity index (χ2v) is 11.4. The Labute approximate surface area is 256 Å². The summed E-state index contributed by atoms with van der Waals surface area (Å²) in [6.45, 7) is 2.68. The maximum absolute atomic E-state index is 13.7. The number of carbonyl (C=O) groups excluding carboxylic acids is 7. The normalized spacial score (nSPS) is 22.5. The molecule has 0 aliphatic carbocycles. The number of hydrogen-bond donors (Lipinski definition) is 5. The predicted octanol–water partition coefficient (Wildman–Crippen LogP) is -2.78. The van der Waals surface area contributed by atoms with Gasteiger partial charge in [0.05, 0.1) is 16.6 Å². The predicted molar refractivity (Wildman–Crippen MR) is 148 cm³/mol. The van der Waals surface area contributed by atoms with Crippen molar-refractivity contribution in [3.05, 3.63) is 41.1 Å². The van der Waals surface area contributed by atoms with Gasteiger partial charge in [-0.05, 0) is 24.6 Å². The highest BCUT2D eigenvalue weighted by atomic mass is 32.2. The molecule has 0 radical (unpaired) electrons. The number of aliphatic carboxylic acids is 1. The first kappa shape index (κ1) is 32.6. The van der Waals surface area contributed by atoms with Crippen molar-refractivity contribution in [3.8, 4) is 5.75 Å². The lowest BCUT2D eigenvalue weighted by atomic mass is 10.0. The maximum Gasteiger partial charge on any atom is 0.352 e. The van der Waals surface area contributed by atoms with Gasteiger partial charge in [0, 0.05) is 32.1 Å². The first-order valence-electron chi connectivity index (χ1n) is 13.3. The van der Waals surface area contributed by atoms with Gasteiger partial charge >= 0.3 is 29.8 Å². The van der Waals surface area contributed by atoms with Crippen LogP contribution in [0.5, 0.6) is 5.75 Å². The lowest BCUT2D eigenvalue weighted by molar-refractivity contribution is -0.153.